The van der Waals surface area contributed by atoms with Gasteiger partial charge in [-0.15, -0.1) is 0 Å². The van der Waals surface area contributed by atoms with Crippen LogP contribution in [0, 0.1) is 0 Å². The van der Waals surface area contributed by atoms with Gasteiger partial charge < -0.3 is 11.1 Å². The van der Waals surface area contributed by atoms with E-state index in [2.05, 4.69) is 21.3 Å². The zero-order chi connectivity index (χ0) is 14.7. The van der Waals surface area contributed by atoms with Crippen LogP contribution in [0.1, 0.15) is 12.8 Å². The number of nitrogens with two attached hydrogens (primary N) is 1. The molecule has 0 spiro atoms. The Balaban J connectivity index is 1.66. The quantitative estimate of drug-likeness (QED) is 0.894. The second-order valence-corrected chi connectivity index (χ2v) is 5.54. The van der Waals surface area contributed by atoms with Crippen molar-refractivity contribution < 1.29 is 4.79 Å². The van der Waals surface area contributed by atoms with Crippen LogP contribution in [0.2, 0.25) is 0 Å². The summed E-state index contributed by atoms with van der Waals surface area (Å²) in [6.07, 6.45) is 3.88. The number of carbonyl (C=O) groups is 1. The lowest BCUT2D eigenvalue weighted by molar-refractivity contribution is -0.119. The van der Waals surface area contributed by atoms with E-state index in [1.165, 1.54) is 0 Å². The van der Waals surface area contributed by atoms with Gasteiger partial charge in [-0.1, -0.05) is 18.2 Å². The number of aromatic nitrogens is 1. The van der Waals surface area contributed by atoms with E-state index < -0.39 is 0 Å². The summed E-state index contributed by atoms with van der Waals surface area (Å²) < 4.78 is 0. The van der Waals surface area contributed by atoms with Crippen LogP contribution in [-0.2, 0) is 4.79 Å². The number of fused-ring (bicyclic) bond motifs is 1. The average molecular weight is 284 g/mol. The van der Waals surface area contributed by atoms with Crippen molar-refractivity contribution in [2.24, 2.45) is 5.73 Å². The highest BCUT2D eigenvalue weighted by Gasteiger charge is 2.20. The minimum Gasteiger partial charge on any atom is -0.382 e. The van der Waals surface area contributed by atoms with E-state index in [0.29, 0.717) is 12.6 Å². The normalized spacial score (nSPS) is 17.0. The molecule has 1 saturated heterocycles. The van der Waals surface area contributed by atoms with Gasteiger partial charge in [0.1, 0.15) is 0 Å². The van der Waals surface area contributed by atoms with Gasteiger partial charge in [-0.2, -0.15) is 0 Å². The lowest BCUT2D eigenvalue weighted by Crippen LogP contribution is -2.42. The monoisotopic (exact) mass is 284 g/mol. The number of pyridine rings is 1. The van der Waals surface area contributed by atoms with E-state index in [-0.39, 0.29) is 5.91 Å². The topological polar surface area (TPSA) is 71.2 Å². The molecule has 0 aliphatic carbocycles. The Labute approximate surface area is 124 Å². The second-order valence-electron chi connectivity index (χ2n) is 5.54. The van der Waals surface area contributed by atoms with E-state index >= 15 is 0 Å². The van der Waals surface area contributed by atoms with Gasteiger partial charge >= 0.3 is 0 Å². The number of benzene rings is 1. The minimum absolute atomic E-state index is 0.249. The molecule has 0 bridgehead atoms. The molecule has 2 aromatic rings. The van der Waals surface area contributed by atoms with Crippen molar-refractivity contribution in [2.45, 2.75) is 18.9 Å². The molecular formula is C16H20N4O. The van der Waals surface area contributed by atoms with Crippen LogP contribution < -0.4 is 11.1 Å². The third kappa shape index (κ3) is 3.31. The molecule has 1 aliphatic rings. The summed E-state index contributed by atoms with van der Waals surface area (Å²) in [5, 5.41) is 4.77. The Kier molecular flexibility index (Phi) is 4.01. The summed E-state index contributed by atoms with van der Waals surface area (Å²) in [5.41, 5.74) is 7.38. The van der Waals surface area contributed by atoms with Crippen LogP contribution >= 0.6 is 0 Å². The first-order valence-electron chi connectivity index (χ1n) is 7.33. The molecule has 0 saturated carbocycles. The van der Waals surface area contributed by atoms with Gasteiger partial charge in [-0.3, -0.25) is 14.7 Å². The maximum atomic E-state index is 10.9. The highest BCUT2D eigenvalue weighted by Crippen LogP contribution is 2.24. The van der Waals surface area contributed by atoms with Gasteiger partial charge in [-0.25, -0.2) is 0 Å². The number of hydrogen-bond donors (Lipinski definition) is 2. The largest absolute Gasteiger partial charge is 0.382 e. The molecule has 2 heterocycles. The molecule has 21 heavy (non-hydrogen) atoms. The lowest BCUT2D eigenvalue weighted by atomic mass is 10.0. The highest BCUT2D eigenvalue weighted by molar-refractivity contribution is 5.90. The van der Waals surface area contributed by atoms with Crippen molar-refractivity contribution in [3.63, 3.8) is 0 Å². The van der Waals surface area contributed by atoms with Crippen molar-refractivity contribution in [1.82, 2.24) is 9.88 Å². The van der Waals surface area contributed by atoms with Gasteiger partial charge in [0.2, 0.25) is 5.91 Å². The standard InChI is InChI=1S/C16H20N4O/c17-16(21)11-20-9-6-12(7-10-20)19-15-5-8-18-14-4-2-1-3-13(14)15/h1-5,8,12H,6-7,9-11H2,(H2,17,21)(H,18,19). The highest BCUT2D eigenvalue weighted by atomic mass is 16.1. The number of hydrogen-bond acceptors (Lipinski definition) is 4. The van der Waals surface area contributed by atoms with Crippen LogP contribution in [0.4, 0.5) is 5.69 Å². The number of para-hydroxylation sites is 1. The van der Waals surface area contributed by atoms with Crippen molar-refractivity contribution in [2.75, 3.05) is 25.0 Å². The number of amides is 1. The maximum Gasteiger partial charge on any atom is 0.231 e. The fourth-order valence-electron chi connectivity index (χ4n) is 2.90. The Morgan fingerprint density at radius 3 is 2.81 bits per heavy atom. The van der Waals surface area contributed by atoms with Gasteiger partial charge in [0.15, 0.2) is 0 Å². The first kappa shape index (κ1) is 13.8. The molecule has 5 nitrogen and oxygen atoms in total. The Morgan fingerprint density at radius 1 is 1.29 bits per heavy atom. The van der Waals surface area contributed by atoms with Crippen molar-refractivity contribution in [1.29, 1.82) is 0 Å². The van der Waals surface area contributed by atoms with E-state index in [1.807, 2.05) is 30.5 Å². The molecule has 3 rings (SSSR count). The number of piperidine rings is 1. The number of carbonyl (C=O) groups excluding carboxylic acids is 1. The minimum atomic E-state index is -0.249. The molecule has 5 heteroatoms. The van der Waals surface area contributed by atoms with Crippen molar-refractivity contribution in [3.8, 4) is 0 Å². The van der Waals surface area contributed by atoms with Gasteiger partial charge in [0, 0.05) is 36.4 Å². The Morgan fingerprint density at radius 2 is 2.05 bits per heavy atom. The summed E-state index contributed by atoms with van der Waals surface area (Å²) >= 11 is 0. The zero-order valence-corrected chi connectivity index (χ0v) is 12.0. The van der Waals surface area contributed by atoms with Crippen LogP contribution in [-0.4, -0.2) is 41.5 Å². The number of nitrogens with one attached hydrogen (secondary N) is 1. The van der Waals surface area contributed by atoms with Gasteiger partial charge in [-0.05, 0) is 25.0 Å². The SMILES string of the molecule is NC(=O)CN1CCC(Nc2ccnc3ccccc23)CC1. The van der Waals surface area contributed by atoms with E-state index in [9.17, 15) is 4.79 Å². The molecule has 1 amide bonds. The van der Waals surface area contributed by atoms with Gasteiger partial charge in [0.05, 0.1) is 12.1 Å². The fraction of sp³-hybridized carbons (Fsp3) is 0.375. The average Bonchev–Trinajstić information content (AvgIpc) is 2.49. The Bertz CT molecular complexity index is 630. The molecule has 3 N–H and O–H groups in total. The van der Waals surface area contributed by atoms with E-state index in [1.54, 1.807) is 0 Å². The van der Waals surface area contributed by atoms with E-state index in [0.717, 1.165) is 42.5 Å². The predicted molar refractivity (Wildman–Crippen MR) is 84.0 cm³/mol. The maximum absolute atomic E-state index is 10.9. The molecule has 0 unspecified atom stereocenters. The molecule has 1 aliphatic heterocycles. The smallest absolute Gasteiger partial charge is 0.231 e. The summed E-state index contributed by atoms with van der Waals surface area (Å²) in [6.45, 7) is 2.18. The molecular weight excluding hydrogens is 264 g/mol. The molecule has 1 fully saturated rings. The number of primary amides is 1. The number of rotatable bonds is 4. The lowest BCUT2D eigenvalue weighted by Gasteiger charge is -2.32. The predicted octanol–water partition coefficient (Wildman–Crippen LogP) is 1.60. The number of anilines is 1. The fourth-order valence-corrected chi connectivity index (χ4v) is 2.90. The summed E-state index contributed by atoms with van der Waals surface area (Å²) in [6, 6.07) is 10.6. The third-order valence-electron chi connectivity index (χ3n) is 3.98. The molecule has 1 aromatic carbocycles. The van der Waals surface area contributed by atoms with Crippen LogP contribution in [0.15, 0.2) is 36.5 Å². The number of nitrogens with zero attached hydrogens (tertiary/aromatic N) is 2. The molecule has 110 valence electrons. The van der Waals surface area contributed by atoms with Gasteiger partial charge in [0.25, 0.3) is 0 Å². The van der Waals surface area contributed by atoms with Crippen LogP contribution in [0.25, 0.3) is 10.9 Å². The summed E-state index contributed by atoms with van der Waals surface area (Å²) in [5.74, 6) is -0.249. The van der Waals surface area contributed by atoms with Crippen molar-refractivity contribution >= 4 is 22.5 Å². The van der Waals surface area contributed by atoms with E-state index in [4.69, 9.17) is 5.73 Å². The van der Waals surface area contributed by atoms with Crippen LogP contribution in [0.5, 0.6) is 0 Å². The molecule has 1 aromatic heterocycles. The molecule has 0 radical (unpaired) electrons. The summed E-state index contributed by atoms with van der Waals surface area (Å²) in [4.78, 5) is 17.4. The van der Waals surface area contributed by atoms with Crippen LogP contribution in [0.3, 0.4) is 0 Å². The number of likely N-dealkylation sites (tertiary alicyclic amines) is 1. The second kappa shape index (κ2) is 6.10. The first-order valence-corrected chi connectivity index (χ1v) is 7.33. The molecule has 0 atom stereocenters. The Hall–Kier alpha value is -2.14. The third-order valence-corrected chi connectivity index (χ3v) is 3.98. The van der Waals surface area contributed by atoms with Crippen molar-refractivity contribution in [3.05, 3.63) is 36.5 Å². The zero-order valence-electron chi connectivity index (χ0n) is 12.0. The summed E-state index contributed by atoms with van der Waals surface area (Å²) in [7, 11) is 0. The first-order chi connectivity index (χ1) is 10.2.